The highest BCUT2D eigenvalue weighted by Crippen LogP contribution is 2.24. The normalized spacial score (nSPS) is 23.0. The number of hydrogen-bond acceptors (Lipinski definition) is 5. The number of aromatic amines is 1. The number of H-pyrrole nitrogens is 1. The first kappa shape index (κ1) is 14.3. The zero-order valence-corrected chi connectivity index (χ0v) is 12.8. The average Bonchev–Trinajstić information content (AvgIpc) is 3.13. The minimum atomic E-state index is 0.228. The van der Waals surface area contributed by atoms with Gasteiger partial charge in [0.25, 0.3) is 0 Å². The minimum Gasteiger partial charge on any atom is -0.380 e. The zero-order chi connectivity index (χ0) is 14.8. The molecule has 3 heterocycles. The number of hydrogen-bond donors (Lipinski definition) is 1. The second-order valence-corrected chi connectivity index (χ2v) is 5.88. The lowest BCUT2D eigenvalue weighted by molar-refractivity contribution is 0.0760. The van der Waals surface area contributed by atoms with Gasteiger partial charge in [0.05, 0.1) is 18.3 Å². The molecule has 0 unspecified atom stereocenters. The lowest BCUT2D eigenvalue weighted by Gasteiger charge is -2.14. The highest BCUT2D eigenvalue weighted by atomic mass is 16.5. The molecule has 0 saturated carbocycles. The van der Waals surface area contributed by atoms with Gasteiger partial charge in [-0.2, -0.15) is 0 Å². The number of methoxy groups -OCH3 is 1. The van der Waals surface area contributed by atoms with Crippen molar-refractivity contribution < 1.29 is 9.26 Å². The minimum absolute atomic E-state index is 0.228. The van der Waals surface area contributed by atoms with Gasteiger partial charge in [-0.05, 0) is 13.8 Å². The van der Waals surface area contributed by atoms with Crippen LogP contribution >= 0.6 is 0 Å². The van der Waals surface area contributed by atoms with Gasteiger partial charge in [0.15, 0.2) is 0 Å². The van der Waals surface area contributed by atoms with Crippen LogP contribution in [0.25, 0.3) is 0 Å². The predicted molar refractivity (Wildman–Crippen MR) is 77.8 cm³/mol. The first-order chi connectivity index (χ1) is 10.1. The van der Waals surface area contributed by atoms with Gasteiger partial charge in [-0.3, -0.25) is 4.90 Å². The number of rotatable bonds is 5. The Labute approximate surface area is 124 Å². The van der Waals surface area contributed by atoms with Crippen molar-refractivity contribution in [2.75, 3.05) is 20.2 Å². The van der Waals surface area contributed by atoms with Crippen molar-refractivity contribution in [2.45, 2.75) is 32.9 Å². The van der Waals surface area contributed by atoms with E-state index in [9.17, 15) is 0 Å². The second kappa shape index (κ2) is 5.99. The SMILES string of the molecule is CO[C@H]1CN(Cc2ncc(C)[nH]2)C[C@H]1Cc1cc(C)no1. The lowest BCUT2D eigenvalue weighted by atomic mass is 10.0. The van der Waals surface area contributed by atoms with E-state index in [1.807, 2.05) is 26.1 Å². The maximum atomic E-state index is 5.64. The molecular weight excluding hydrogens is 268 g/mol. The molecule has 1 fully saturated rings. The van der Waals surface area contributed by atoms with Crippen molar-refractivity contribution in [3.05, 3.63) is 35.2 Å². The topological polar surface area (TPSA) is 67.2 Å². The van der Waals surface area contributed by atoms with Crippen LogP contribution in [0.2, 0.25) is 0 Å². The molecule has 1 N–H and O–H groups in total. The van der Waals surface area contributed by atoms with Gasteiger partial charge in [0.1, 0.15) is 11.6 Å². The van der Waals surface area contributed by atoms with E-state index >= 15 is 0 Å². The largest absolute Gasteiger partial charge is 0.380 e. The van der Waals surface area contributed by atoms with E-state index in [1.165, 1.54) is 0 Å². The summed E-state index contributed by atoms with van der Waals surface area (Å²) in [6.45, 7) is 6.71. The smallest absolute Gasteiger partial charge is 0.137 e. The summed E-state index contributed by atoms with van der Waals surface area (Å²) in [5.74, 6) is 2.38. The fourth-order valence-electron chi connectivity index (χ4n) is 3.05. The summed E-state index contributed by atoms with van der Waals surface area (Å²) in [4.78, 5) is 10.0. The molecule has 0 bridgehead atoms. The Bertz CT molecular complexity index is 592. The van der Waals surface area contributed by atoms with Crippen LogP contribution in [0.4, 0.5) is 0 Å². The van der Waals surface area contributed by atoms with Crippen LogP contribution in [0, 0.1) is 19.8 Å². The van der Waals surface area contributed by atoms with Gasteiger partial charge < -0.3 is 14.2 Å². The van der Waals surface area contributed by atoms with Crippen molar-refractivity contribution in [2.24, 2.45) is 5.92 Å². The van der Waals surface area contributed by atoms with Crippen LogP contribution in [0.1, 0.15) is 23.0 Å². The molecule has 21 heavy (non-hydrogen) atoms. The molecule has 2 atom stereocenters. The van der Waals surface area contributed by atoms with Crippen molar-refractivity contribution >= 4 is 0 Å². The Morgan fingerprint density at radius 1 is 1.43 bits per heavy atom. The standard InChI is InChI=1S/C15H22N4O2/c1-10-4-13(21-18-10)5-12-7-19(8-14(12)20-3)9-15-16-6-11(2)17-15/h4,6,12,14H,5,7-9H2,1-3H3,(H,16,17)/t12-,14+/m1/s1. The van der Waals surface area contributed by atoms with Gasteiger partial charge in [0, 0.05) is 50.5 Å². The molecule has 1 aliphatic heterocycles. The summed E-state index contributed by atoms with van der Waals surface area (Å²) < 4.78 is 11.0. The number of nitrogens with zero attached hydrogens (tertiary/aromatic N) is 3. The first-order valence-electron chi connectivity index (χ1n) is 7.32. The number of likely N-dealkylation sites (tertiary alicyclic amines) is 1. The molecule has 1 aliphatic rings. The van der Waals surface area contributed by atoms with E-state index in [1.54, 1.807) is 7.11 Å². The molecule has 0 amide bonds. The Kier molecular flexibility index (Phi) is 4.07. The first-order valence-corrected chi connectivity index (χ1v) is 7.32. The molecule has 6 nitrogen and oxygen atoms in total. The van der Waals surface area contributed by atoms with E-state index in [2.05, 4.69) is 20.0 Å². The monoisotopic (exact) mass is 290 g/mol. The van der Waals surface area contributed by atoms with Crippen LogP contribution in [-0.2, 0) is 17.7 Å². The third kappa shape index (κ3) is 3.33. The summed E-state index contributed by atoms with van der Waals surface area (Å²) in [7, 11) is 1.78. The van der Waals surface area contributed by atoms with Crippen molar-refractivity contribution in [3.63, 3.8) is 0 Å². The fourth-order valence-corrected chi connectivity index (χ4v) is 3.05. The number of aryl methyl sites for hydroxylation is 2. The summed E-state index contributed by atoms with van der Waals surface area (Å²) in [6.07, 6.45) is 2.97. The highest BCUT2D eigenvalue weighted by molar-refractivity contribution is 5.06. The van der Waals surface area contributed by atoms with Gasteiger partial charge >= 0.3 is 0 Å². The Morgan fingerprint density at radius 3 is 2.90 bits per heavy atom. The summed E-state index contributed by atoms with van der Waals surface area (Å²) in [5, 5.41) is 3.95. The molecule has 6 heteroatoms. The molecule has 3 rings (SSSR count). The van der Waals surface area contributed by atoms with E-state index in [-0.39, 0.29) is 6.10 Å². The molecule has 2 aromatic rings. The second-order valence-electron chi connectivity index (χ2n) is 5.88. The quantitative estimate of drug-likeness (QED) is 0.908. The van der Waals surface area contributed by atoms with E-state index in [4.69, 9.17) is 9.26 Å². The summed E-state index contributed by atoms with van der Waals surface area (Å²) >= 11 is 0. The lowest BCUT2D eigenvalue weighted by Crippen LogP contribution is -2.23. The Morgan fingerprint density at radius 2 is 2.29 bits per heavy atom. The van der Waals surface area contributed by atoms with E-state index in [0.29, 0.717) is 5.92 Å². The molecule has 0 radical (unpaired) electrons. The van der Waals surface area contributed by atoms with Crippen LogP contribution < -0.4 is 0 Å². The molecule has 0 spiro atoms. The predicted octanol–water partition coefficient (Wildman–Crippen LogP) is 1.70. The van der Waals surface area contributed by atoms with Crippen LogP contribution in [0.15, 0.2) is 16.8 Å². The molecule has 0 aliphatic carbocycles. The third-order valence-corrected chi connectivity index (χ3v) is 4.03. The third-order valence-electron chi connectivity index (χ3n) is 4.03. The van der Waals surface area contributed by atoms with Crippen molar-refractivity contribution in [1.82, 2.24) is 20.0 Å². The van der Waals surface area contributed by atoms with Gasteiger partial charge in [0.2, 0.25) is 0 Å². The molecule has 114 valence electrons. The fraction of sp³-hybridized carbons (Fsp3) is 0.600. The number of imidazole rings is 1. The van der Waals surface area contributed by atoms with Crippen molar-refractivity contribution in [3.8, 4) is 0 Å². The zero-order valence-electron chi connectivity index (χ0n) is 12.8. The molecule has 1 saturated heterocycles. The van der Waals surface area contributed by atoms with E-state index < -0.39 is 0 Å². The van der Waals surface area contributed by atoms with Gasteiger partial charge in [-0.25, -0.2) is 4.98 Å². The van der Waals surface area contributed by atoms with Crippen LogP contribution in [0.5, 0.6) is 0 Å². The Balaban J connectivity index is 1.62. The van der Waals surface area contributed by atoms with Crippen LogP contribution in [0.3, 0.4) is 0 Å². The Hall–Kier alpha value is -1.66. The summed E-state index contributed by atoms with van der Waals surface area (Å²) in [6, 6.07) is 2.01. The molecule has 0 aromatic carbocycles. The van der Waals surface area contributed by atoms with Crippen LogP contribution in [-0.4, -0.2) is 46.3 Å². The molecular formula is C15H22N4O2. The van der Waals surface area contributed by atoms with Crippen molar-refractivity contribution in [1.29, 1.82) is 0 Å². The maximum absolute atomic E-state index is 5.64. The van der Waals surface area contributed by atoms with Gasteiger partial charge in [-0.15, -0.1) is 0 Å². The maximum Gasteiger partial charge on any atom is 0.137 e. The number of ether oxygens (including phenoxy) is 1. The van der Waals surface area contributed by atoms with Gasteiger partial charge in [-0.1, -0.05) is 5.16 Å². The number of aromatic nitrogens is 3. The highest BCUT2D eigenvalue weighted by Gasteiger charge is 2.33. The summed E-state index contributed by atoms with van der Waals surface area (Å²) in [5.41, 5.74) is 2.03. The van der Waals surface area contributed by atoms with E-state index in [0.717, 1.165) is 49.0 Å². The molecule has 2 aromatic heterocycles. The number of nitrogens with one attached hydrogen (secondary N) is 1. The average molecular weight is 290 g/mol.